The molecule has 2 aliphatic rings. The van der Waals surface area contributed by atoms with Gasteiger partial charge in [-0.05, 0) is 42.9 Å². The first kappa shape index (κ1) is 14.4. The van der Waals surface area contributed by atoms with Gasteiger partial charge in [-0.1, -0.05) is 34.5 Å². The van der Waals surface area contributed by atoms with Crippen molar-refractivity contribution in [3.63, 3.8) is 0 Å². The highest BCUT2D eigenvalue weighted by Crippen LogP contribution is 2.43. The standard InChI is InChI=1S/C17H25BrN2/c1-15-4-2-5-16(12-15)20-10-8-19(9-11-20)14-17(13-18)6-3-7-17/h2,4-5,12H,3,6-11,13-14H2,1H3. The molecule has 0 amide bonds. The minimum absolute atomic E-state index is 0.589. The van der Waals surface area contributed by atoms with Gasteiger partial charge in [-0.15, -0.1) is 0 Å². The van der Waals surface area contributed by atoms with Crippen LogP contribution in [0.15, 0.2) is 24.3 Å². The Kier molecular flexibility index (Phi) is 4.37. The fourth-order valence-corrected chi connectivity index (χ4v) is 4.21. The van der Waals surface area contributed by atoms with Crippen LogP contribution in [0.4, 0.5) is 5.69 Å². The van der Waals surface area contributed by atoms with Crippen LogP contribution in [0.5, 0.6) is 0 Å². The molecule has 0 atom stereocenters. The molecule has 3 heteroatoms. The van der Waals surface area contributed by atoms with Crippen molar-refractivity contribution in [3.05, 3.63) is 29.8 Å². The van der Waals surface area contributed by atoms with Gasteiger partial charge in [0.05, 0.1) is 0 Å². The molecule has 0 radical (unpaired) electrons. The van der Waals surface area contributed by atoms with E-state index < -0.39 is 0 Å². The SMILES string of the molecule is Cc1cccc(N2CCN(CC3(CBr)CCC3)CC2)c1. The van der Waals surface area contributed by atoms with E-state index in [0.29, 0.717) is 5.41 Å². The molecule has 0 aromatic heterocycles. The van der Waals surface area contributed by atoms with Gasteiger partial charge >= 0.3 is 0 Å². The van der Waals surface area contributed by atoms with Crippen LogP contribution in [0.3, 0.4) is 0 Å². The second-order valence-electron chi connectivity index (χ2n) is 6.59. The van der Waals surface area contributed by atoms with Gasteiger partial charge in [-0.25, -0.2) is 0 Å². The number of hydrogen-bond donors (Lipinski definition) is 0. The highest BCUT2D eigenvalue weighted by atomic mass is 79.9. The third-order valence-electron chi connectivity index (χ3n) is 5.00. The van der Waals surface area contributed by atoms with Gasteiger partial charge in [0.1, 0.15) is 0 Å². The molecular formula is C17H25BrN2. The number of piperazine rings is 1. The molecule has 0 spiro atoms. The van der Waals surface area contributed by atoms with Crippen molar-refractivity contribution >= 4 is 21.6 Å². The summed E-state index contributed by atoms with van der Waals surface area (Å²) in [5, 5.41) is 1.18. The Balaban J connectivity index is 1.54. The van der Waals surface area contributed by atoms with Crippen LogP contribution >= 0.6 is 15.9 Å². The lowest BCUT2D eigenvalue weighted by atomic mass is 9.70. The van der Waals surface area contributed by atoms with E-state index in [-0.39, 0.29) is 0 Å². The Hall–Kier alpha value is -0.540. The lowest BCUT2D eigenvalue weighted by Gasteiger charge is -2.46. The van der Waals surface area contributed by atoms with Crippen LogP contribution in [0.2, 0.25) is 0 Å². The fourth-order valence-electron chi connectivity index (χ4n) is 3.47. The molecule has 2 fully saturated rings. The smallest absolute Gasteiger partial charge is 0.0369 e. The molecule has 0 N–H and O–H groups in total. The Morgan fingerprint density at radius 1 is 1.15 bits per heavy atom. The molecule has 1 saturated heterocycles. The van der Waals surface area contributed by atoms with Gasteiger partial charge < -0.3 is 4.90 Å². The summed E-state index contributed by atoms with van der Waals surface area (Å²) >= 11 is 3.73. The monoisotopic (exact) mass is 336 g/mol. The zero-order valence-corrected chi connectivity index (χ0v) is 14.0. The van der Waals surface area contributed by atoms with E-state index in [1.807, 2.05) is 0 Å². The molecular weight excluding hydrogens is 312 g/mol. The maximum Gasteiger partial charge on any atom is 0.0369 e. The molecule has 0 bridgehead atoms. The first-order chi connectivity index (χ1) is 9.71. The minimum Gasteiger partial charge on any atom is -0.369 e. The maximum absolute atomic E-state index is 3.73. The number of benzene rings is 1. The summed E-state index contributed by atoms with van der Waals surface area (Å²) in [5.74, 6) is 0. The molecule has 0 unspecified atom stereocenters. The van der Waals surface area contributed by atoms with Crippen LogP contribution in [0.25, 0.3) is 0 Å². The van der Waals surface area contributed by atoms with Crippen molar-refractivity contribution in [2.45, 2.75) is 26.2 Å². The Bertz CT molecular complexity index is 443. The zero-order valence-electron chi connectivity index (χ0n) is 12.4. The summed E-state index contributed by atoms with van der Waals surface area (Å²) in [6.45, 7) is 8.23. The number of anilines is 1. The van der Waals surface area contributed by atoms with E-state index in [1.165, 1.54) is 68.6 Å². The summed E-state index contributed by atoms with van der Waals surface area (Å²) in [7, 11) is 0. The van der Waals surface area contributed by atoms with E-state index in [4.69, 9.17) is 0 Å². The quantitative estimate of drug-likeness (QED) is 0.774. The van der Waals surface area contributed by atoms with E-state index in [0.717, 1.165) is 0 Å². The van der Waals surface area contributed by atoms with Crippen LogP contribution < -0.4 is 4.90 Å². The summed E-state index contributed by atoms with van der Waals surface area (Å²) in [6.07, 6.45) is 4.25. The predicted molar refractivity (Wildman–Crippen MR) is 89.9 cm³/mol. The zero-order chi connectivity index (χ0) is 14.0. The van der Waals surface area contributed by atoms with Gasteiger partial charge in [-0.3, -0.25) is 4.90 Å². The van der Waals surface area contributed by atoms with Crippen LogP contribution in [0.1, 0.15) is 24.8 Å². The third-order valence-corrected chi connectivity index (χ3v) is 6.19. The van der Waals surface area contributed by atoms with Crippen molar-refractivity contribution in [3.8, 4) is 0 Å². The Morgan fingerprint density at radius 3 is 2.45 bits per heavy atom. The van der Waals surface area contributed by atoms with Gasteiger partial charge in [0.15, 0.2) is 0 Å². The van der Waals surface area contributed by atoms with E-state index in [2.05, 4.69) is 56.9 Å². The molecule has 20 heavy (non-hydrogen) atoms. The number of rotatable bonds is 4. The molecule has 110 valence electrons. The average molecular weight is 337 g/mol. The van der Waals surface area contributed by atoms with Crippen molar-refractivity contribution in [1.29, 1.82) is 0 Å². The fraction of sp³-hybridized carbons (Fsp3) is 0.647. The van der Waals surface area contributed by atoms with E-state index in [9.17, 15) is 0 Å². The summed E-state index contributed by atoms with van der Waals surface area (Å²) in [5.41, 5.74) is 3.34. The van der Waals surface area contributed by atoms with Gasteiger partial charge in [-0.2, -0.15) is 0 Å². The summed E-state index contributed by atoms with van der Waals surface area (Å²) in [4.78, 5) is 5.21. The molecule has 2 nitrogen and oxygen atoms in total. The molecule has 1 aliphatic carbocycles. The second-order valence-corrected chi connectivity index (χ2v) is 7.15. The van der Waals surface area contributed by atoms with Crippen molar-refractivity contribution < 1.29 is 0 Å². The van der Waals surface area contributed by atoms with Crippen LogP contribution in [-0.4, -0.2) is 43.0 Å². The molecule has 1 heterocycles. The predicted octanol–water partition coefficient (Wildman–Crippen LogP) is 3.68. The van der Waals surface area contributed by atoms with E-state index in [1.54, 1.807) is 0 Å². The number of alkyl halides is 1. The molecule has 1 aromatic rings. The van der Waals surface area contributed by atoms with Crippen LogP contribution in [-0.2, 0) is 0 Å². The second kappa shape index (κ2) is 6.07. The molecule has 1 aliphatic heterocycles. The Morgan fingerprint density at radius 2 is 1.90 bits per heavy atom. The van der Waals surface area contributed by atoms with Gasteiger partial charge in [0, 0.05) is 43.7 Å². The summed E-state index contributed by atoms with van der Waals surface area (Å²) < 4.78 is 0. The first-order valence-corrected chi connectivity index (χ1v) is 8.93. The van der Waals surface area contributed by atoms with Crippen molar-refractivity contribution in [1.82, 2.24) is 4.90 Å². The third kappa shape index (κ3) is 3.04. The average Bonchev–Trinajstić information content (AvgIpc) is 2.44. The molecule has 3 rings (SSSR count). The van der Waals surface area contributed by atoms with Gasteiger partial charge in [0.2, 0.25) is 0 Å². The largest absolute Gasteiger partial charge is 0.369 e. The topological polar surface area (TPSA) is 6.48 Å². The minimum atomic E-state index is 0.589. The highest BCUT2D eigenvalue weighted by molar-refractivity contribution is 9.09. The van der Waals surface area contributed by atoms with Crippen LogP contribution in [0, 0.1) is 12.3 Å². The lowest BCUT2D eigenvalue weighted by Crippen LogP contribution is -2.52. The maximum atomic E-state index is 3.73. The lowest BCUT2D eigenvalue weighted by molar-refractivity contribution is 0.0877. The van der Waals surface area contributed by atoms with E-state index >= 15 is 0 Å². The van der Waals surface area contributed by atoms with Crippen molar-refractivity contribution in [2.75, 3.05) is 43.0 Å². The molecule has 1 saturated carbocycles. The Labute approximate surface area is 131 Å². The number of nitrogens with zero attached hydrogens (tertiary/aromatic N) is 2. The van der Waals surface area contributed by atoms with Crippen molar-refractivity contribution in [2.24, 2.45) is 5.41 Å². The van der Waals surface area contributed by atoms with Gasteiger partial charge in [0.25, 0.3) is 0 Å². The first-order valence-electron chi connectivity index (χ1n) is 7.81. The molecule has 1 aromatic carbocycles. The normalized spacial score (nSPS) is 22.6. The number of aryl methyl sites for hydroxylation is 1. The summed E-state index contributed by atoms with van der Waals surface area (Å²) in [6, 6.07) is 8.90. The number of halogens is 1. The number of hydrogen-bond acceptors (Lipinski definition) is 2. The highest BCUT2D eigenvalue weighted by Gasteiger charge is 2.37.